The highest BCUT2D eigenvalue weighted by Gasteiger charge is 2.34. The molecule has 5 nitrogen and oxygen atoms in total. The molecule has 1 N–H and O–H groups in total. The predicted molar refractivity (Wildman–Crippen MR) is 109 cm³/mol. The van der Waals surface area contributed by atoms with Gasteiger partial charge in [0.25, 0.3) is 0 Å². The van der Waals surface area contributed by atoms with E-state index in [1.807, 2.05) is 24.3 Å². The molecule has 3 aliphatic rings. The smallest absolute Gasteiger partial charge is 0.161 e. The summed E-state index contributed by atoms with van der Waals surface area (Å²) in [6, 6.07) is 17.3. The largest absolute Gasteiger partial charge is 0.486 e. The zero-order chi connectivity index (χ0) is 18.5. The lowest BCUT2D eigenvalue weighted by atomic mass is 9.94. The first-order chi connectivity index (χ1) is 13.8. The molecule has 0 bridgehead atoms. The van der Waals surface area contributed by atoms with Crippen molar-refractivity contribution < 1.29 is 9.47 Å². The fourth-order valence-corrected chi connectivity index (χ4v) is 5.03. The molecule has 2 atom stereocenters. The second kappa shape index (κ2) is 6.54. The number of aromatic amines is 1. The molecule has 3 aliphatic heterocycles. The van der Waals surface area contributed by atoms with E-state index in [1.165, 1.54) is 22.2 Å². The Morgan fingerprint density at radius 2 is 1.86 bits per heavy atom. The molecule has 4 heterocycles. The van der Waals surface area contributed by atoms with Crippen molar-refractivity contribution in [3.8, 4) is 11.5 Å². The Hall–Kier alpha value is -2.50. The number of fused-ring (bicyclic) bond motifs is 5. The van der Waals surface area contributed by atoms with E-state index in [1.54, 1.807) is 0 Å². The van der Waals surface area contributed by atoms with Gasteiger partial charge < -0.3 is 14.5 Å². The minimum atomic E-state index is 0.105. The van der Waals surface area contributed by atoms with Crippen LogP contribution in [0.5, 0.6) is 11.5 Å². The third-order valence-corrected chi connectivity index (χ3v) is 6.42. The second-order valence-electron chi connectivity index (χ2n) is 8.21. The monoisotopic (exact) mass is 375 g/mol. The minimum absolute atomic E-state index is 0.105. The van der Waals surface area contributed by atoms with Gasteiger partial charge in [0.15, 0.2) is 11.5 Å². The number of nitrogens with one attached hydrogen (secondary N) is 1. The summed E-state index contributed by atoms with van der Waals surface area (Å²) in [6.07, 6.45) is 1.23. The number of para-hydroxylation sites is 3. The number of piperazine rings is 1. The SMILES string of the molecule is c1ccc2c(c1)OCC(CN1CCN3Cc4[nH]c5ccccc5c4CC3C1)O2. The minimum Gasteiger partial charge on any atom is -0.486 e. The highest BCUT2D eigenvalue weighted by atomic mass is 16.6. The van der Waals surface area contributed by atoms with Gasteiger partial charge in [-0.05, 0) is 30.2 Å². The molecule has 2 aromatic carbocycles. The van der Waals surface area contributed by atoms with E-state index < -0.39 is 0 Å². The summed E-state index contributed by atoms with van der Waals surface area (Å²) in [4.78, 5) is 8.84. The van der Waals surface area contributed by atoms with Gasteiger partial charge in [-0.15, -0.1) is 0 Å². The summed E-state index contributed by atoms with van der Waals surface area (Å²) < 4.78 is 12.1. The maximum atomic E-state index is 6.19. The molecular formula is C23H25N3O2. The Morgan fingerprint density at radius 3 is 2.82 bits per heavy atom. The first-order valence-corrected chi connectivity index (χ1v) is 10.3. The molecule has 5 heteroatoms. The maximum Gasteiger partial charge on any atom is 0.161 e. The first kappa shape index (κ1) is 16.5. The van der Waals surface area contributed by atoms with Gasteiger partial charge in [0, 0.05) is 55.4 Å². The van der Waals surface area contributed by atoms with Crippen molar-refractivity contribution in [2.45, 2.75) is 25.1 Å². The van der Waals surface area contributed by atoms with Gasteiger partial charge in [0.2, 0.25) is 0 Å². The fourth-order valence-electron chi connectivity index (χ4n) is 5.03. The topological polar surface area (TPSA) is 40.7 Å². The average molecular weight is 375 g/mol. The number of rotatable bonds is 2. The summed E-state index contributed by atoms with van der Waals surface area (Å²) in [7, 11) is 0. The molecule has 0 amide bonds. The summed E-state index contributed by atoms with van der Waals surface area (Å²) in [6.45, 7) is 5.91. The van der Waals surface area contributed by atoms with Crippen molar-refractivity contribution in [3.05, 3.63) is 59.8 Å². The number of nitrogens with zero attached hydrogens (tertiary/aromatic N) is 2. The molecule has 1 fully saturated rings. The first-order valence-electron chi connectivity index (χ1n) is 10.3. The van der Waals surface area contributed by atoms with Gasteiger partial charge in [-0.25, -0.2) is 0 Å². The van der Waals surface area contributed by atoms with Gasteiger partial charge in [-0.1, -0.05) is 30.3 Å². The molecule has 0 saturated carbocycles. The van der Waals surface area contributed by atoms with Crippen LogP contribution in [0, 0.1) is 0 Å². The van der Waals surface area contributed by atoms with Crippen LogP contribution in [0.3, 0.4) is 0 Å². The number of H-pyrrole nitrogens is 1. The highest BCUT2D eigenvalue weighted by Crippen LogP contribution is 2.33. The van der Waals surface area contributed by atoms with Crippen LogP contribution < -0.4 is 9.47 Å². The number of aromatic nitrogens is 1. The number of benzene rings is 2. The number of hydrogen-bond donors (Lipinski definition) is 1. The zero-order valence-corrected chi connectivity index (χ0v) is 15.9. The molecule has 144 valence electrons. The Balaban J connectivity index is 1.16. The van der Waals surface area contributed by atoms with Gasteiger partial charge >= 0.3 is 0 Å². The third kappa shape index (κ3) is 2.77. The quantitative estimate of drug-likeness (QED) is 0.748. The Labute approximate surface area is 164 Å². The van der Waals surface area contributed by atoms with Crippen LogP contribution in [-0.4, -0.2) is 59.7 Å². The van der Waals surface area contributed by atoms with E-state index in [9.17, 15) is 0 Å². The van der Waals surface area contributed by atoms with Crippen molar-refractivity contribution in [2.75, 3.05) is 32.8 Å². The van der Waals surface area contributed by atoms with Crippen LogP contribution in [0.25, 0.3) is 10.9 Å². The van der Waals surface area contributed by atoms with Crippen molar-refractivity contribution in [3.63, 3.8) is 0 Å². The van der Waals surface area contributed by atoms with Crippen molar-refractivity contribution in [1.82, 2.24) is 14.8 Å². The van der Waals surface area contributed by atoms with Gasteiger partial charge in [-0.2, -0.15) is 0 Å². The summed E-state index contributed by atoms with van der Waals surface area (Å²) in [5.74, 6) is 1.74. The van der Waals surface area contributed by atoms with Crippen molar-refractivity contribution in [2.24, 2.45) is 0 Å². The predicted octanol–water partition coefficient (Wildman–Crippen LogP) is 3.05. The van der Waals surface area contributed by atoms with Crippen LogP contribution in [0.1, 0.15) is 11.3 Å². The number of ether oxygens (including phenoxy) is 2. The van der Waals surface area contributed by atoms with Crippen LogP contribution in [0.2, 0.25) is 0 Å². The van der Waals surface area contributed by atoms with Crippen LogP contribution >= 0.6 is 0 Å². The molecule has 2 unspecified atom stereocenters. The molecule has 0 radical (unpaired) electrons. The maximum absolute atomic E-state index is 6.19. The Kier molecular flexibility index (Phi) is 3.84. The van der Waals surface area contributed by atoms with E-state index in [0.29, 0.717) is 12.6 Å². The van der Waals surface area contributed by atoms with E-state index in [2.05, 4.69) is 39.0 Å². The summed E-state index contributed by atoms with van der Waals surface area (Å²) >= 11 is 0. The van der Waals surface area contributed by atoms with E-state index in [4.69, 9.17) is 9.47 Å². The molecule has 28 heavy (non-hydrogen) atoms. The van der Waals surface area contributed by atoms with E-state index in [0.717, 1.165) is 50.6 Å². The van der Waals surface area contributed by atoms with E-state index >= 15 is 0 Å². The average Bonchev–Trinajstić information content (AvgIpc) is 3.09. The lowest BCUT2D eigenvalue weighted by Crippen LogP contribution is -2.57. The van der Waals surface area contributed by atoms with Gasteiger partial charge in [-0.3, -0.25) is 9.80 Å². The normalized spacial score (nSPS) is 24.7. The molecule has 1 saturated heterocycles. The van der Waals surface area contributed by atoms with Crippen LogP contribution in [-0.2, 0) is 13.0 Å². The fraction of sp³-hybridized carbons (Fsp3) is 0.391. The molecule has 3 aromatic rings. The molecule has 6 rings (SSSR count). The van der Waals surface area contributed by atoms with Crippen molar-refractivity contribution in [1.29, 1.82) is 0 Å². The summed E-state index contributed by atoms with van der Waals surface area (Å²) in [5, 5.41) is 1.40. The standard InChI is InChI=1S/C23H25N3O2/c1-2-6-20-18(5-1)19-11-16-12-25(9-10-26(16)14-21(19)24-20)13-17-15-27-22-7-3-4-8-23(22)28-17/h1-8,16-17,24H,9-15H2. The zero-order valence-electron chi connectivity index (χ0n) is 15.9. The van der Waals surface area contributed by atoms with Crippen LogP contribution in [0.4, 0.5) is 0 Å². The third-order valence-electron chi connectivity index (χ3n) is 6.42. The Morgan fingerprint density at radius 1 is 1.00 bits per heavy atom. The van der Waals surface area contributed by atoms with Crippen molar-refractivity contribution >= 4 is 10.9 Å². The lowest BCUT2D eigenvalue weighted by Gasteiger charge is -2.44. The molecule has 1 aromatic heterocycles. The highest BCUT2D eigenvalue weighted by molar-refractivity contribution is 5.84. The summed E-state index contributed by atoms with van der Waals surface area (Å²) in [5.41, 5.74) is 4.20. The second-order valence-corrected chi connectivity index (χ2v) is 8.21. The molecule has 0 aliphatic carbocycles. The van der Waals surface area contributed by atoms with Gasteiger partial charge in [0.1, 0.15) is 12.7 Å². The van der Waals surface area contributed by atoms with E-state index in [-0.39, 0.29) is 6.10 Å². The van der Waals surface area contributed by atoms with Crippen LogP contribution in [0.15, 0.2) is 48.5 Å². The Bertz CT molecular complexity index is 1010. The molecule has 0 spiro atoms. The lowest BCUT2D eigenvalue weighted by molar-refractivity contribution is 0.0149. The number of hydrogen-bond acceptors (Lipinski definition) is 4. The molecular weight excluding hydrogens is 350 g/mol. The van der Waals surface area contributed by atoms with Gasteiger partial charge in [0.05, 0.1) is 0 Å².